The molecule has 1 fully saturated rings. The summed E-state index contributed by atoms with van der Waals surface area (Å²) in [4.78, 5) is 37.5. The molecule has 11 heteroatoms. The lowest BCUT2D eigenvalue weighted by molar-refractivity contribution is -0.145. The minimum Gasteiger partial charge on any atom is -0.382 e. The SMILES string of the molecule is CC(=O)N1CCN(c2cccc(-c3cc(-c4cnn(-c5ccccn5)c4)c4c(N)ncnn34)c2)C(=O)C1(C)C. The number of hydrogen-bond donors (Lipinski definition) is 1. The second-order valence-electron chi connectivity index (χ2n) is 9.95. The molecule has 0 atom stereocenters. The molecule has 1 aliphatic rings. The van der Waals surface area contributed by atoms with E-state index in [1.54, 1.807) is 45.2 Å². The molecule has 1 aromatic carbocycles. The van der Waals surface area contributed by atoms with E-state index in [9.17, 15) is 9.59 Å². The molecule has 0 aliphatic carbocycles. The number of nitrogens with two attached hydrogens (primary N) is 1. The van der Waals surface area contributed by atoms with Gasteiger partial charge in [-0.05, 0) is 44.2 Å². The van der Waals surface area contributed by atoms with E-state index in [1.807, 2.05) is 54.7 Å². The second kappa shape index (κ2) is 9.05. The van der Waals surface area contributed by atoms with Gasteiger partial charge in [0, 0.05) is 54.8 Å². The number of anilines is 2. The van der Waals surface area contributed by atoms with Gasteiger partial charge in [0.15, 0.2) is 11.6 Å². The Morgan fingerprint density at radius 1 is 1.00 bits per heavy atom. The summed E-state index contributed by atoms with van der Waals surface area (Å²) >= 11 is 0. The van der Waals surface area contributed by atoms with Gasteiger partial charge in [0.25, 0.3) is 5.91 Å². The van der Waals surface area contributed by atoms with Gasteiger partial charge in [0.1, 0.15) is 17.4 Å². The third-order valence-electron chi connectivity index (χ3n) is 7.18. The Kier molecular flexibility index (Phi) is 5.63. The number of pyridine rings is 1. The summed E-state index contributed by atoms with van der Waals surface area (Å²) in [5, 5.41) is 8.99. The van der Waals surface area contributed by atoms with Crippen LogP contribution in [0.2, 0.25) is 0 Å². The molecule has 6 rings (SSSR count). The van der Waals surface area contributed by atoms with Crippen molar-refractivity contribution in [1.82, 2.24) is 34.3 Å². The van der Waals surface area contributed by atoms with Gasteiger partial charge >= 0.3 is 0 Å². The minimum atomic E-state index is -0.940. The molecule has 196 valence electrons. The molecular formula is C28H27N9O2. The molecular weight excluding hydrogens is 494 g/mol. The Labute approximate surface area is 224 Å². The molecule has 0 unspecified atom stereocenters. The third kappa shape index (κ3) is 3.99. The van der Waals surface area contributed by atoms with Crippen LogP contribution >= 0.6 is 0 Å². The lowest BCUT2D eigenvalue weighted by Gasteiger charge is -2.45. The van der Waals surface area contributed by atoms with Gasteiger partial charge in [0.05, 0.1) is 11.9 Å². The smallest absolute Gasteiger partial charge is 0.252 e. The average Bonchev–Trinajstić information content (AvgIpc) is 3.57. The van der Waals surface area contributed by atoms with Crippen LogP contribution in [0.25, 0.3) is 33.7 Å². The molecule has 0 radical (unpaired) electrons. The highest BCUT2D eigenvalue weighted by molar-refractivity contribution is 6.03. The van der Waals surface area contributed by atoms with Crippen molar-refractivity contribution in [3.05, 3.63) is 73.4 Å². The summed E-state index contributed by atoms with van der Waals surface area (Å²) in [6.07, 6.45) is 6.78. The van der Waals surface area contributed by atoms with Gasteiger partial charge in [-0.1, -0.05) is 18.2 Å². The van der Waals surface area contributed by atoms with Crippen molar-refractivity contribution in [2.45, 2.75) is 26.3 Å². The molecule has 2 amide bonds. The van der Waals surface area contributed by atoms with Crippen molar-refractivity contribution in [2.24, 2.45) is 0 Å². The zero-order chi connectivity index (χ0) is 27.3. The summed E-state index contributed by atoms with van der Waals surface area (Å²) in [7, 11) is 0. The number of benzene rings is 1. The van der Waals surface area contributed by atoms with E-state index in [1.165, 1.54) is 13.3 Å². The van der Waals surface area contributed by atoms with E-state index in [4.69, 9.17) is 5.73 Å². The zero-order valence-electron chi connectivity index (χ0n) is 21.8. The average molecular weight is 522 g/mol. The minimum absolute atomic E-state index is 0.113. The molecule has 1 aliphatic heterocycles. The molecule has 0 saturated carbocycles. The predicted molar refractivity (Wildman–Crippen MR) is 147 cm³/mol. The van der Waals surface area contributed by atoms with E-state index in [2.05, 4.69) is 20.2 Å². The maximum Gasteiger partial charge on any atom is 0.252 e. The topological polar surface area (TPSA) is 128 Å². The number of nitrogen functional groups attached to an aromatic ring is 1. The first-order valence-corrected chi connectivity index (χ1v) is 12.5. The van der Waals surface area contributed by atoms with Crippen molar-refractivity contribution in [1.29, 1.82) is 0 Å². The standard InChI is InChI=1S/C28H27N9O2/c1-18(38)35-12-11-34(27(39)28(35,2)3)21-8-6-7-19(13-21)23-14-22(25-26(29)31-17-33-37(23)25)20-15-32-36(16-20)24-9-4-5-10-30-24/h4-10,13-17H,11-12H2,1-3H3,(H2,29,31,33). The highest BCUT2D eigenvalue weighted by Gasteiger charge is 2.43. The van der Waals surface area contributed by atoms with Crippen LogP contribution in [0.1, 0.15) is 20.8 Å². The van der Waals surface area contributed by atoms with Gasteiger partial charge in [-0.25, -0.2) is 19.2 Å². The summed E-state index contributed by atoms with van der Waals surface area (Å²) in [5.74, 6) is 0.792. The molecule has 5 aromatic rings. The van der Waals surface area contributed by atoms with E-state index < -0.39 is 5.54 Å². The van der Waals surface area contributed by atoms with Crippen LogP contribution in [0, 0.1) is 0 Å². The number of rotatable bonds is 4. The van der Waals surface area contributed by atoms with Gasteiger partial charge in [-0.15, -0.1) is 0 Å². The predicted octanol–water partition coefficient (Wildman–Crippen LogP) is 3.20. The van der Waals surface area contributed by atoms with Gasteiger partial charge < -0.3 is 15.5 Å². The maximum atomic E-state index is 13.5. The molecule has 5 heterocycles. The summed E-state index contributed by atoms with van der Waals surface area (Å²) in [6, 6.07) is 15.4. The van der Waals surface area contributed by atoms with Crippen molar-refractivity contribution in [2.75, 3.05) is 23.7 Å². The van der Waals surface area contributed by atoms with Crippen molar-refractivity contribution < 1.29 is 9.59 Å². The molecule has 2 N–H and O–H groups in total. The van der Waals surface area contributed by atoms with Gasteiger partial charge in [-0.3, -0.25) is 9.59 Å². The Morgan fingerprint density at radius 3 is 2.62 bits per heavy atom. The zero-order valence-corrected chi connectivity index (χ0v) is 21.8. The molecule has 39 heavy (non-hydrogen) atoms. The van der Waals surface area contributed by atoms with Crippen LogP contribution in [-0.4, -0.2) is 64.7 Å². The first-order valence-electron chi connectivity index (χ1n) is 12.5. The number of piperazine rings is 1. The largest absolute Gasteiger partial charge is 0.382 e. The van der Waals surface area contributed by atoms with E-state index in [0.717, 1.165) is 28.1 Å². The first kappa shape index (κ1) is 24.3. The molecule has 4 aromatic heterocycles. The van der Waals surface area contributed by atoms with Crippen LogP contribution in [0.3, 0.4) is 0 Å². The van der Waals surface area contributed by atoms with Gasteiger partial charge in [0.2, 0.25) is 5.91 Å². The normalized spacial score (nSPS) is 15.2. The Morgan fingerprint density at radius 2 is 1.85 bits per heavy atom. The monoisotopic (exact) mass is 521 g/mol. The maximum absolute atomic E-state index is 13.5. The number of nitrogens with zero attached hydrogens (tertiary/aromatic N) is 8. The molecule has 1 saturated heterocycles. The fourth-order valence-electron chi connectivity index (χ4n) is 5.23. The van der Waals surface area contributed by atoms with Crippen LogP contribution in [0.5, 0.6) is 0 Å². The lowest BCUT2D eigenvalue weighted by atomic mass is 9.96. The van der Waals surface area contributed by atoms with E-state index in [-0.39, 0.29) is 11.8 Å². The highest BCUT2D eigenvalue weighted by Crippen LogP contribution is 2.36. The van der Waals surface area contributed by atoms with Crippen molar-refractivity contribution in [3.8, 4) is 28.2 Å². The number of aromatic nitrogens is 6. The number of hydrogen-bond acceptors (Lipinski definition) is 7. The third-order valence-corrected chi connectivity index (χ3v) is 7.18. The highest BCUT2D eigenvalue weighted by atomic mass is 16.2. The van der Waals surface area contributed by atoms with E-state index in [0.29, 0.717) is 30.2 Å². The summed E-state index contributed by atoms with van der Waals surface area (Å²) in [5.41, 5.74) is 10.1. The first-order chi connectivity index (χ1) is 18.8. The quantitative estimate of drug-likeness (QED) is 0.385. The molecule has 0 bridgehead atoms. The van der Waals surface area contributed by atoms with Crippen LogP contribution in [0.4, 0.5) is 11.5 Å². The Balaban J connectivity index is 1.42. The lowest BCUT2D eigenvalue weighted by Crippen LogP contribution is -2.64. The number of fused-ring (bicyclic) bond motifs is 1. The molecule has 11 nitrogen and oxygen atoms in total. The van der Waals surface area contributed by atoms with E-state index >= 15 is 0 Å². The molecule has 0 spiro atoms. The Hall–Kier alpha value is -5.06. The number of carbonyl (C=O) groups excluding carboxylic acids is 2. The van der Waals surface area contributed by atoms with Crippen LogP contribution in [-0.2, 0) is 9.59 Å². The Bertz CT molecular complexity index is 1720. The fraction of sp³-hybridized carbons (Fsp3) is 0.214. The summed E-state index contributed by atoms with van der Waals surface area (Å²) in [6.45, 7) is 5.93. The number of carbonyl (C=O) groups is 2. The number of amides is 2. The van der Waals surface area contributed by atoms with Crippen molar-refractivity contribution >= 4 is 28.8 Å². The van der Waals surface area contributed by atoms with Crippen LogP contribution in [0.15, 0.2) is 73.4 Å². The van der Waals surface area contributed by atoms with Gasteiger partial charge in [-0.2, -0.15) is 10.2 Å². The fourth-order valence-corrected chi connectivity index (χ4v) is 5.23. The van der Waals surface area contributed by atoms with Crippen molar-refractivity contribution in [3.63, 3.8) is 0 Å². The summed E-state index contributed by atoms with van der Waals surface area (Å²) < 4.78 is 3.46. The second-order valence-corrected chi connectivity index (χ2v) is 9.95. The van der Waals surface area contributed by atoms with Crippen LogP contribution < -0.4 is 10.6 Å².